The smallest absolute Gasteiger partial charge is 0.255 e. The summed E-state index contributed by atoms with van der Waals surface area (Å²) in [5.74, 6) is 0.853. The van der Waals surface area contributed by atoms with Gasteiger partial charge in [0.25, 0.3) is 5.56 Å². The van der Waals surface area contributed by atoms with Crippen molar-refractivity contribution < 1.29 is 4.79 Å². The van der Waals surface area contributed by atoms with Gasteiger partial charge >= 0.3 is 0 Å². The summed E-state index contributed by atoms with van der Waals surface area (Å²) < 4.78 is 0. The number of piperazine rings is 1. The molecule has 6 nitrogen and oxygen atoms in total. The van der Waals surface area contributed by atoms with Crippen molar-refractivity contribution in [1.82, 2.24) is 14.9 Å². The average molecular weight is 360 g/mol. The number of carbonyl (C=O) groups is 1. The van der Waals surface area contributed by atoms with Gasteiger partial charge in [-0.1, -0.05) is 24.3 Å². The number of para-hydroxylation sites is 1. The third kappa shape index (κ3) is 3.74. The molecule has 0 spiro atoms. The van der Waals surface area contributed by atoms with Crippen LogP contribution in [0.1, 0.15) is 5.56 Å². The number of H-pyrrole nitrogens is 1. The van der Waals surface area contributed by atoms with Crippen molar-refractivity contribution in [2.45, 2.75) is 0 Å². The highest BCUT2D eigenvalue weighted by Gasteiger charge is 2.20. The number of aromatic nitrogens is 2. The first-order valence-electron chi connectivity index (χ1n) is 8.96. The van der Waals surface area contributed by atoms with Gasteiger partial charge in [0.05, 0.1) is 0 Å². The van der Waals surface area contributed by atoms with Crippen LogP contribution >= 0.6 is 0 Å². The lowest BCUT2D eigenvalue weighted by atomic mass is 10.1. The van der Waals surface area contributed by atoms with E-state index >= 15 is 0 Å². The minimum absolute atomic E-state index is 0.0803. The number of amides is 1. The van der Waals surface area contributed by atoms with E-state index in [-0.39, 0.29) is 11.5 Å². The van der Waals surface area contributed by atoms with Gasteiger partial charge in [-0.2, -0.15) is 0 Å². The molecule has 27 heavy (non-hydrogen) atoms. The molecule has 1 aromatic carbocycles. The minimum atomic E-state index is -0.197. The molecule has 3 aromatic rings. The number of anilines is 1. The molecule has 0 bridgehead atoms. The topological polar surface area (TPSA) is 69.3 Å². The Morgan fingerprint density at radius 2 is 1.81 bits per heavy atom. The number of aromatic amines is 1. The van der Waals surface area contributed by atoms with Gasteiger partial charge in [0.1, 0.15) is 5.82 Å². The summed E-state index contributed by atoms with van der Waals surface area (Å²) in [5, 5.41) is 0.938. The largest absolute Gasteiger partial charge is 0.353 e. The van der Waals surface area contributed by atoms with Crippen molar-refractivity contribution >= 4 is 28.7 Å². The number of rotatable bonds is 3. The normalized spacial score (nSPS) is 14.8. The van der Waals surface area contributed by atoms with Crippen LogP contribution < -0.4 is 10.5 Å². The predicted molar refractivity (Wildman–Crippen MR) is 107 cm³/mol. The van der Waals surface area contributed by atoms with Crippen LogP contribution in [0.25, 0.3) is 17.0 Å². The van der Waals surface area contributed by atoms with E-state index in [1.54, 1.807) is 23.2 Å². The zero-order valence-electron chi connectivity index (χ0n) is 14.8. The lowest BCUT2D eigenvalue weighted by molar-refractivity contribution is -0.126. The molecule has 0 aliphatic carbocycles. The second-order valence-corrected chi connectivity index (χ2v) is 6.47. The number of hydrogen-bond donors (Lipinski definition) is 1. The fourth-order valence-corrected chi connectivity index (χ4v) is 3.25. The van der Waals surface area contributed by atoms with Gasteiger partial charge in [0.15, 0.2) is 0 Å². The Hall–Kier alpha value is -3.41. The lowest BCUT2D eigenvalue weighted by Gasteiger charge is -2.34. The standard InChI is InChI=1S/C21H20N4O2/c26-20(25-13-11-24(12-14-25)19-7-3-4-10-22-19)9-8-17-15-16-5-1-2-6-18(16)23-21(17)27/h1-10,15H,11-14H2,(H,23,27)/b9-8+. The molecule has 1 fully saturated rings. The van der Waals surface area contributed by atoms with Crippen molar-refractivity contribution in [3.63, 3.8) is 0 Å². The van der Waals surface area contributed by atoms with Crippen LogP contribution in [0.15, 0.2) is 65.6 Å². The first-order valence-corrected chi connectivity index (χ1v) is 8.96. The van der Waals surface area contributed by atoms with E-state index in [0.29, 0.717) is 18.7 Å². The Morgan fingerprint density at radius 3 is 2.59 bits per heavy atom. The average Bonchev–Trinajstić information content (AvgIpc) is 2.73. The summed E-state index contributed by atoms with van der Waals surface area (Å²) in [5.41, 5.74) is 1.07. The zero-order valence-corrected chi connectivity index (χ0v) is 14.8. The van der Waals surface area contributed by atoms with Gasteiger partial charge in [0, 0.05) is 49.5 Å². The maximum atomic E-state index is 12.5. The maximum absolute atomic E-state index is 12.5. The number of nitrogens with zero attached hydrogens (tertiary/aromatic N) is 3. The fraction of sp³-hybridized carbons (Fsp3) is 0.190. The number of hydrogen-bond acceptors (Lipinski definition) is 4. The first kappa shape index (κ1) is 17.0. The molecule has 1 aliphatic rings. The molecular formula is C21H20N4O2. The summed E-state index contributed by atoms with van der Waals surface area (Å²) in [4.78, 5) is 35.8. The Morgan fingerprint density at radius 1 is 1.04 bits per heavy atom. The Balaban J connectivity index is 1.42. The Labute approximate surface area is 156 Å². The highest BCUT2D eigenvalue weighted by Crippen LogP contribution is 2.14. The number of fused-ring (bicyclic) bond motifs is 1. The van der Waals surface area contributed by atoms with Crippen molar-refractivity contribution in [2.75, 3.05) is 31.1 Å². The quantitative estimate of drug-likeness (QED) is 0.728. The molecule has 1 saturated heterocycles. The number of carbonyl (C=O) groups excluding carboxylic acids is 1. The van der Waals surface area contributed by atoms with Crippen LogP contribution in [-0.2, 0) is 4.79 Å². The SMILES string of the molecule is O=C(/C=C/c1cc2ccccc2[nH]c1=O)N1CCN(c2ccccn2)CC1. The molecule has 0 radical (unpaired) electrons. The molecule has 0 atom stereocenters. The molecule has 4 rings (SSSR count). The van der Waals surface area contributed by atoms with Crippen LogP contribution in [0.4, 0.5) is 5.82 Å². The molecule has 2 aromatic heterocycles. The van der Waals surface area contributed by atoms with E-state index < -0.39 is 0 Å². The van der Waals surface area contributed by atoms with Gasteiger partial charge in [-0.3, -0.25) is 9.59 Å². The summed E-state index contributed by atoms with van der Waals surface area (Å²) in [6.45, 7) is 2.75. The van der Waals surface area contributed by atoms with E-state index in [0.717, 1.165) is 29.8 Å². The molecular weight excluding hydrogens is 340 g/mol. The molecule has 1 aliphatic heterocycles. The van der Waals surface area contributed by atoms with Crippen LogP contribution in [0, 0.1) is 0 Å². The van der Waals surface area contributed by atoms with E-state index in [1.165, 1.54) is 6.08 Å². The zero-order chi connectivity index (χ0) is 18.6. The minimum Gasteiger partial charge on any atom is -0.353 e. The second kappa shape index (κ2) is 7.45. The highest BCUT2D eigenvalue weighted by molar-refractivity contribution is 5.92. The molecule has 3 heterocycles. The summed E-state index contributed by atoms with van der Waals surface area (Å²) in [6, 6.07) is 15.2. The van der Waals surface area contributed by atoms with Crippen molar-refractivity contribution in [3.8, 4) is 0 Å². The number of pyridine rings is 2. The van der Waals surface area contributed by atoms with Crippen molar-refractivity contribution in [3.05, 3.63) is 76.7 Å². The van der Waals surface area contributed by atoms with E-state index in [2.05, 4.69) is 14.9 Å². The van der Waals surface area contributed by atoms with Gasteiger partial charge < -0.3 is 14.8 Å². The van der Waals surface area contributed by atoms with E-state index in [1.807, 2.05) is 42.5 Å². The summed E-state index contributed by atoms with van der Waals surface area (Å²) in [6.07, 6.45) is 4.85. The van der Waals surface area contributed by atoms with Crippen LogP contribution in [0.3, 0.4) is 0 Å². The Bertz CT molecular complexity index is 1030. The molecule has 1 amide bonds. The lowest BCUT2D eigenvalue weighted by Crippen LogP contribution is -2.48. The van der Waals surface area contributed by atoms with Gasteiger partial charge in [-0.05, 0) is 35.7 Å². The predicted octanol–water partition coefficient (Wildman–Crippen LogP) is 2.29. The monoisotopic (exact) mass is 360 g/mol. The van der Waals surface area contributed by atoms with Crippen LogP contribution in [-0.4, -0.2) is 47.0 Å². The van der Waals surface area contributed by atoms with Crippen molar-refractivity contribution in [2.24, 2.45) is 0 Å². The van der Waals surface area contributed by atoms with Gasteiger partial charge in [-0.15, -0.1) is 0 Å². The van der Waals surface area contributed by atoms with Crippen molar-refractivity contribution in [1.29, 1.82) is 0 Å². The second-order valence-electron chi connectivity index (χ2n) is 6.47. The molecule has 0 saturated carbocycles. The fourth-order valence-electron chi connectivity index (χ4n) is 3.25. The molecule has 6 heteroatoms. The highest BCUT2D eigenvalue weighted by atomic mass is 16.2. The third-order valence-electron chi connectivity index (χ3n) is 4.75. The molecule has 1 N–H and O–H groups in total. The maximum Gasteiger partial charge on any atom is 0.255 e. The van der Waals surface area contributed by atoms with Gasteiger partial charge in [0.2, 0.25) is 5.91 Å². The van der Waals surface area contributed by atoms with E-state index in [4.69, 9.17) is 0 Å². The van der Waals surface area contributed by atoms with Gasteiger partial charge in [-0.25, -0.2) is 4.98 Å². The number of nitrogens with one attached hydrogen (secondary N) is 1. The van der Waals surface area contributed by atoms with E-state index in [9.17, 15) is 9.59 Å². The summed E-state index contributed by atoms with van der Waals surface area (Å²) in [7, 11) is 0. The number of benzene rings is 1. The third-order valence-corrected chi connectivity index (χ3v) is 4.75. The Kier molecular flexibility index (Phi) is 4.70. The van der Waals surface area contributed by atoms with Crippen LogP contribution in [0.2, 0.25) is 0 Å². The summed E-state index contributed by atoms with van der Waals surface area (Å²) >= 11 is 0. The first-order chi connectivity index (χ1) is 13.2. The molecule has 0 unspecified atom stereocenters. The molecule has 136 valence electrons. The van der Waals surface area contributed by atoms with Crippen LogP contribution in [0.5, 0.6) is 0 Å².